The lowest BCUT2D eigenvalue weighted by Gasteiger charge is -2.05. The number of furan rings is 1. The average Bonchev–Trinajstić information content (AvgIpc) is 3.01. The molecule has 0 atom stereocenters. The highest BCUT2D eigenvalue weighted by atomic mass is 35.5. The third-order valence-corrected chi connectivity index (χ3v) is 4.00. The van der Waals surface area contributed by atoms with Gasteiger partial charge in [0, 0.05) is 23.8 Å². The van der Waals surface area contributed by atoms with Crippen LogP contribution in [0.25, 0.3) is 11.3 Å². The molecule has 0 amide bonds. The molecule has 126 valence electrons. The molecule has 0 saturated carbocycles. The molecule has 0 aliphatic carbocycles. The third-order valence-electron chi connectivity index (χ3n) is 3.44. The Morgan fingerprint density at radius 3 is 2.74 bits per heavy atom. The van der Waals surface area contributed by atoms with Crippen LogP contribution in [0.1, 0.15) is 31.9 Å². The largest absolute Gasteiger partial charge is 0.460 e. The topological polar surface area (TPSA) is 34.4 Å². The maximum Gasteiger partial charge on any atom is 0.135 e. The molecule has 0 fully saturated rings. The molecule has 2 rings (SSSR count). The van der Waals surface area contributed by atoms with Gasteiger partial charge in [0.15, 0.2) is 0 Å². The Bertz CT molecular complexity index is 598. The van der Waals surface area contributed by atoms with Crippen LogP contribution in [-0.4, -0.2) is 19.8 Å². The molecule has 0 aliphatic heterocycles. The summed E-state index contributed by atoms with van der Waals surface area (Å²) in [6.07, 6.45) is 3.31. The van der Waals surface area contributed by atoms with Crippen LogP contribution in [0.15, 0.2) is 34.7 Å². The Labute approximate surface area is 147 Å². The Kier molecular flexibility index (Phi) is 7.96. The lowest BCUT2D eigenvalue weighted by Crippen LogP contribution is -2.16. The highest BCUT2D eigenvalue weighted by Crippen LogP contribution is 2.31. The number of halogens is 2. The molecule has 5 heteroatoms. The molecule has 0 saturated heterocycles. The van der Waals surface area contributed by atoms with E-state index in [9.17, 15) is 0 Å². The second kappa shape index (κ2) is 9.99. The van der Waals surface area contributed by atoms with Crippen molar-refractivity contribution in [3.05, 3.63) is 46.1 Å². The van der Waals surface area contributed by atoms with Crippen LogP contribution in [-0.2, 0) is 11.3 Å². The van der Waals surface area contributed by atoms with Crippen molar-refractivity contribution in [2.24, 2.45) is 0 Å². The van der Waals surface area contributed by atoms with E-state index in [0.717, 1.165) is 49.7 Å². The number of hydrogen-bond donors (Lipinski definition) is 1. The fourth-order valence-corrected chi connectivity index (χ4v) is 2.55. The fraction of sp³-hybridized carbons (Fsp3) is 0.444. The minimum absolute atomic E-state index is 0.632. The quantitative estimate of drug-likeness (QED) is 0.567. The fourth-order valence-electron chi connectivity index (χ4n) is 2.16. The minimum atomic E-state index is 0.632. The van der Waals surface area contributed by atoms with Crippen LogP contribution in [0.4, 0.5) is 0 Å². The van der Waals surface area contributed by atoms with E-state index in [0.29, 0.717) is 16.6 Å². The van der Waals surface area contributed by atoms with Gasteiger partial charge in [0.25, 0.3) is 0 Å². The van der Waals surface area contributed by atoms with E-state index < -0.39 is 0 Å². The summed E-state index contributed by atoms with van der Waals surface area (Å²) in [5, 5.41) is 4.62. The Morgan fingerprint density at radius 1 is 1.09 bits per heavy atom. The van der Waals surface area contributed by atoms with Crippen LogP contribution in [0.2, 0.25) is 10.0 Å². The monoisotopic (exact) mass is 355 g/mol. The summed E-state index contributed by atoms with van der Waals surface area (Å²) in [5.74, 6) is 1.61. The van der Waals surface area contributed by atoms with E-state index in [4.69, 9.17) is 32.4 Å². The van der Waals surface area contributed by atoms with Crippen LogP contribution in [0.3, 0.4) is 0 Å². The number of benzene rings is 1. The van der Waals surface area contributed by atoms with Crippen molar-refractivity contribution in [1.82, 2.24) is 5.32 Å². The Balaban J connectivity index is 1.74. The van der Waals surface area contributed by atoms with Gasteiger partial charge in [-0.1, -0.05) is 36.5 Å². The van der Waals surface area contributed by atoms with Crippen LogP contribution in [0, 0.1) is 0 Å². The van der Waals surface area contributed by atoms with E-state index in [-0.39, 0.29) is 0 Å². The molecule has 0 bridgehead atoms. The molecule has 23 heavy (non-hydrogen) atoms. The molecule has 2 aromatic rings. The molecule has 1 N–H and O–H groups in total. The lowest BCUT2D eigenvalue weighted by molar-refractivity contribution is 0.128. The predicted octanol–water partition coefficient (Wildman–Crippen LogP) is 5.55. The molecular formula is C18H23Cl2NO2. The number of hydrogen-bond acceptors (Lipinski definition) is 3. The molecular weight excluding hydrogens is 333 g/mol. The molecule has 1 heterocycles. The third kappa shape index (κ3) is 6.19. The summed E-state index contributed by atoms with van der Waals surface area (Å²) in [6, 6.07) is 9.23. The van der Waals surface area contributed by atoms with Crippen molar-refractivity contribution in [1.29, 1.82) is 0 Å². The minimum Gasteiger partial charge on any atom is -0.460 e. The Morgan fingerprint density at radius 2 is 1.91 bits per heavy atom. The molecule has 0 unspecified atom stereocenters. The SMILES string of the molecule is CCCCOCCCNCc1ccc(-c2cc(Cl)ccc2Cl)o1. The summed E-state index contributed by atoms with van der Waals surface area (Å²) in [4.78, 5) is 0. The van der Waals surface area contributed by atoms with Crippen molar-refractivity contribution < 1.29 is 9.15 Å². The number of ether oxygens (including phenoxy) is 1. The molecule has 0 spiro atoms. The zero-order chi connectivity index (χ0) is 16.5. The predicted molar refractivity (Wildman–Crippen MR) is 96.2 cm³/mol. The molecule has 0 radical (unpaired) electrons. The van der Waals surface area contributed by atoms with Crippen molar-refractivity contribution in [2.75, 3.05) is 19.8 Å². The smallest absolute Gasteiger partial charge is 0.135 e. The molecule has 1 aromatic carbocycles. The van der Waals surface area contributed by atoms with Gasteiger partial charge in [-0.05, 0) is 49.7 Å². The van der Waals surface area contributed by atoms with Crippen molar-refractivity contribution >= 4 is 23.2 Å². The van der Waals surface area contributed by atoms with Gasteiger partial charge in [-0.2, -0.15) is 0 Å². The summed E-state index contributed by atoms with van der Waals surface area (Å²) in [5.41, 5.74) is 0.815. The average molecular weight is 356 g/mol. The first kappa shape index (κ1) is 18.3. The zero-order valence-electron chi connectivity index (χ0n) is 13.4. The van der Waals surface area contributed by atoms with E-state index in [1.165, 1.54) is 6.42 Å². The van der Waals surface area contributed by atoms with Crippen LogP contribution < -0.4 is 5.32 Å². The summed E-state index contributed by atoms with van der Waals surface area (Å²) in [7, 11) is 0. The molecule has 0 aliphatic rings. The number of nitrogens with one attached hydrogen (secondary N) is 1. The second-order valence-electron chi connectivity index (χ2n) is 5.39. The first-order chi connectivity index (χ1) is 11.2. The first-order valence-electron chi connectivity index (χ1n) is 8.03. The maximum absolute atomic E-state index is 6.19. The number of unbranched alkanes of at least 4 members (excludes halogenated alkanes) is 1. The van der Waals surface area contributed by atoms with E-state index in [1.807, 2.05) is 18.2 Å². The van der Waals surface area contributed by atoms with Gasteiger partial charge in [-0.3, -0.25) is 0 Å². The highest BCUT2D eigenvalue weighted by molar-refractivity contribution is 6.35. The van der Waals surface area contributed by atoms with Gasteiger partial charge in [0.05, 0.1) is 11.6 Å². The van der Waals surface area contributed by atoms with Gasteiger partial charge in [-0.25, -0.2) is 0 Å². The first-order valence-corrected chi connectivity index (χ1v) is 8.79. The van der Waals surface area contributed by atoms with E-state index in [1.54, 1.807) is 12.1 Å². The second-order valence-corrected chi connectivity index (χ2v) is 6.23. The van der Waals surface area contributed by atoms with Gasteiger partial charge >= 0.3 is 0 Å². The van der Waals surface area contributed by atoms with Gasteiger partial charge in [0.2, 0.25) is 0 Å². The van der Waals surface area contributed by atoms with Gasteiger partial charge < -0.3 is 14.5 Å². The number of rotatable bonds is 10. The summed E-state index contributed by atoms with van der Waals surface area (Å²) >= 11 is 12.2. The summed E-state index contributed by atoms with van der Waals surface area (Å²) < 4.78 is 11.4. The van der Waals surface area contributed by atoms with Crippen molar-refractivity contribution in [3.63, 3.8) is 0 Å². The Hall–Kier alpha value is -1.00. The van der Waals surface area contributed by atoms with Gasteiger partial charge in [-0.15, -0.1) is 0 Å². The lowest BCUT2D eigenvalue weighted by atomic mass is 10.2. The normalized spacial score (nSPS) is 11.1. The van der Waals surface area contributed by atoms with Crippen molar-refractivity contribution in [3.8, 4) is 11.3 Å². The molecule has 1 aromatic heterocycles. The van der Waals surface area contributed by atoms with Crippen LogP contribution in [0.5, 0.6) is 0 Å². The van der Waals surface area contributed by atoms with Gasteiger partial charge in [0.1, 0.15) is 11.5 Å². The highest BCUT2D eigenvalue weighted by Gasteiger charge is 2.09. The maximum atomic E-state index is 6.19. The molecule has 3 nitrogen and oxygen atoms in total. The standard InChI is InChI=1S/C18H23Cl2NO2/c1-2-3-10-22-11-4-9-21-13-15-6-8-18(23-15)16-12-14(19)5-7-17(16)20/h5-8,12,21H,2-4,9-11,13H2,1H3. The zero-order valence-corrected chi connectivity index (χ0v) is 14.9. The van der Waals surface area contributed by atoms with Crippen LogP contribution >= 0.6 is 23.2 Å². The van der Waals surface area contributed by atoms with E-state index >= 15 is 0 Å². The van der Waals surface area contributed by atoms with Crippen molar-refractivity contribution in [2.45, 2.75) is 32.7 Å². The van der Waals surface area contributed by atoms with E-state index in [2.05, 4.69) is 12.2 Å². The summed E-state index contributed by atoms with van der Waals surface area (Å²) in [6.45, 7) is 5.42.